The Morgan fingerprint density at radius 1 is 0.953 bits per heavy atom. The summed E-state index contributed by atoms with van der Waals surface area (Å²) in [5, 5.41) is 6.02. The van der Waals surface area contributed by atoms with Gasteiger partial charge in [0.2, 0.25) is 5.82 Å². The van der Waals surface area contributed by atoms with Crippen LogP contribution < -0.4 is 14.2 Å². The molecule has 0 N–H and O–H groups in total. The first kappa shape index (κ1) is 27.8. The summed E-state index contributed by atoms with van der Waals surface area (Å²) >= 11 is 0. The molecule has 43 heavy (non-hydrogen) atoms. The lowest BCUT2D eigenvalue weighted by Gasteiger charge is -2.58. The Hall–Kier alpha value is -3.98. The van der Waals surface area contributed by atoms with Gasteiger partial charge in [0, 0.05) is 36.7 Å². The number of nitrogens with zero attached hydrogens (tertiary/aromatic N) is 4. The van der Waals surface area contributed by atoms with Crippen LogP contribution in [0.2, 0.25) is 0 Å². The lowest BCUT2D eigenvalue weighted by atomic mass is 9.55. The predicted molar refractivity (Wildman–Crippen MR) is 161 cm³/mol. The standard InChI is InChI=1S/C34H37FN4O4/c1-38-19-34(20-38)15-23(16-34)33(40)22-6-4-7-24(14-22)39-32-26(17-36-18-29(32)42-3)31(37-39)21-10-12-25(13-11-21)43-28-9-5-8-27(41-2)30(28)35/h5,8-13,17-18,22-24H,4,6-7,14-16,19-20H2,1-3H3. The second kappa shape index (κ2) is 10.9. The average Bonchev–Trinajstić information content (AvgIpc) is 3.39. The molecule has 2 aromatic carbocycles. The fourth-order valence-corrected chi connectivity index (χ4v) is 7.74. The molecule has 3 aliphatic rings. The van der Waals surface area contributed by atoms with Gasteiger partial charge in [-0.15, -0.1) is 0 Å². The number of hydrogen-bond donors (Lipinski definition) is 0. The minimum Gasteiger partial charge on any atom is -0.494 e. The van der Waals surface area contributed by atoms with Crippen molar-refractivity contribution in [3.8, 4) is 34.3 Å². The van der Waals surface area contributed by atoms with E-state index in [1.54, 1.807) is 43.6 Å². The molecule has 2 saturated carbocycles. The summed E-state index contributed by atoms with van der Waals surface area (Å²) in [5.74, 6) is 1.57. The predicted octanol–water partition coefficient (Wildman–Crippen LogP) is 6.69. The van der Waals surface area contributed by atoms with E-state index in [1.165, 1.54) is 7.11 Å². The number of Topliss-reactive ketones (excluding diaryl/α,β-unsaturated/α-hetero) is 1. The van der Waals surface area contributed by atoms with Gasteiger partial charge in [-0.05, 0) is 81.0 Å². The van der Waals surface area contributed by atoms with Crippen LogP contribution in [-0.2, 0) is 4.79 Å². The molecule has 0 radical (unpaired) electrons. The third-order valence-corrected chi connectivity index (χ3v) is 9.67. The van der Waals surface area contributed by atoms with Gasteiger partial charge in [0.15, 0.2) is 17.2 Å². The summed E-state index contributed by atoms with van der Waals surface area (Å²) in [6.45, 7) is 2.26. The molecule has 7 rings (SSSR count). The van der Waals surface area contributed by atoms with Crippen molar-refractivity contribution < 1.29 is 23.4 Å². The van der Waals surface area contributed by atoms with Crippen molar-refractivity contribution in [3.63, 3.8) is 0 Å². The fourth-order valence-electron chi connectivity index (χ4n) is 7.74. The van der Waals surface area contributed by atoms with E-state index < -0.39 is 5.82 Å². The number of carbonyl (C=O) groups excluding carboxylic acids is 1. The van der Waals surface area contributed by atoms with Gasteiger partial charge in [-0.3, -0.25) is 14.5 Å². The van der Waals surface area contributed by atoms with Crippen LogP contribution in [-0.4, -0.2) is 59.8 Å². The summed E-state index contributed by atoms with van der Waals surface area (Å²) in [5.41, 5.74) is 2.96. The number of methoxy groups -OCH3 is 2. The maximum Gasteiger partial charge on any atom is 0.207 e. The van der Waals surface area contributed by atoms with Gasteiger partial charge >= 0.3 is 0 Å². The summed E-state index contributed by atoms with van der Waals surface area (Å²) in [6, 6.07) is 12.3. The molecule has 0 bridgehead atoms. The molecule has 1 spiro atoms. The minimum atomic E-state index is -0.547. The van der Waals surface area contributed by atoms with Crippen LogP contribution in [0.5, 0.6) is 23.0 Å². The van der Waals surface area contributed by atoms with Crippen molar-refractivity contribution in [2.45, 2.75) is 44.6 Å². The van der Waals surface area contributed by atoms with E-state index in [4.69, 9.17) is 19.3 Å². The van der Waals surface area contributed by atoms with Crippen LogP contribution in [0.3, 0.4) is 0 Å². The van der Waals surface area contributed by atoms with Crippen LogP contribution >= 0.6 is 0 Å². The van der Waals surface area contributed by atoms with Gasteiger partial charge in [-0.2, -0.15) is 9.49 Å². The number of rotatable bonds is 8. The van der Waals surface area contributed by atoms with E-state index in [2.05, 4.69) is 21.6 Å². The molecular formula is C34H37FN4O4. The summed E-state index contributed by atoms with van der Waals surface area (Å²) in [4.78, 5) is 20.4. The first-order valence-electron chi connectivity index (χ1n) is 15.1. The van der Waals surface area contributed by atoms with Crippen LogP contribution in [0, 0.1) is 23.1 Å². The molecule has 1 aliphatic heterocycles. The zero-order valence-corrected chi connectivity index (χ0v) is 24.9. The van der Waals surface area contributed by atoms with Gasteiger partial charge in [-0.25, -0.2) is 0 Å². The summed E-state index contributed by atoms with van der Waals surface area (Å²) in [6.07, 6.45) is 9.36. The first-order valence-corrected chi connectivity index (χ1v) is 15.1. The molecule has 224 valence electrons. The van der Waals surface area contributed by atoms with Crippen molar-refractivity contribution in [2.75, 3.05) is 34.4 Å². The maximum absolute atomic E-state index is 14.6. The Bertz CT molecular complexity index is 1660. The Kier molecular flexibility index (Phi) is 7.08. The van der Waals surface area contributed by atoms with Gasteiger partial charge in [0.05, 0.1) is 31.8 Å². The number of likely N-dealkylation sites (tertiary alicyclic amines) is 1. The van der Waals surface area contributed by atoms with Gasteiger partial charge in [-0.1, -0.05) is 12.5 Å². The lowest BCUT2D eigenvalue weighted by Crippen LogP contribution is -2.62. The molecule has 9 heteroatoms. The van der Waals surface area contributed by atoms with Crippen molar-refractivity contribution in [3.05, 3.63) is 60.7 Å². The monoisotopic (exact) mass is 584 g/mol. The smallest absolute Gasteiger partial charge is 0.207 e. The van der Waals surface area contributed by atoms with Crippen molar-refractivity contribution >= 4 is 16.7 Å². The number of pyridine rings is 1. The van der Waals surface area contributed by atoms with E-state index in [1.807, 2.05) is 18.3 Å². The number of ether oxygens (including phenoxy) is 3. The largest absolute Gasteiger partial charge is 0.494 e. The van der Waals surface area contributed by atoms with Gasteiger partial charge < -0.3 is 19.1 Å². The molecule has 1 saturated heterocycles. The lowest BCUT2D eigenvalue weighted by molar-refractivity contribution is -0.145. The number of benzene rings is 2. The number of ketones is 1. The third kappa shape index (κ3) is 4.93. The number of carbonyl (C=O) groups is 1. The van der Waals surface area contributed by atoms with Crippen molar-refractivity contribution in [1.82, 2.24) is 19.7 Å². The number of halogens is 1. The van der Waals surface area contributed by atoms with Gasteiger partial charge in [0.25, 0.3) is 0 Å². The number of fused-ring (bicyclic) bond motifs is 1. The van der Waals surface area contributed by atoms with Crippen LogP contribution in [0.25, 0.3) is 22.2 Å². The van der Waals surface area contributed by atoms with E-state index in [0.717, 1.165) is 73.8 Å². The Labute approximate surface area is 250 Å². The molecule has 0 amide bonds. The molecule has 8 nitrogen and oxygen atoms in total. The quantitative estimate of drug-likeness (QED) is 0.228. The maximum atomic E-state index is 14.6. The van der Waals surface area contributed by atoms with E-state index in [0.29, 0.717) is 22.7 Å². The second-order valence-corrected chi connectivity index (χ2v) is 12.6. The molecule has 2 unspecified atom stereocenters. The normalized spacial score (nSPS) is 21.8. The van der Waals surface area contributed by atoms with E-state index in [9.17, 15) is 9.18 Å². The highest BCUT2D eigenvalue weighted by Crippen LogP contribution is 2.53. The molecule has 3 heterocycles. The topological polar surface area (TPSA) is 78.7 Å². The van der Waals surface area contributed by atoms with E-state index in [-0.39, 0.29) is 29.4 Å². The fraction of sp³-hybridized carbons (Fsp3) is 0.441. The van der Waals surface area contributed by atoms with Crippen molar-refractivity contribution in [2.24, 2.45) is 17.3 Å². The van der Waals surface area contributed by atoms with Gasteiger partial charge in [0.1, 0.15) is 22.7 Å². The SMILES string of the molecule is COc1cccc(Oc2ccc(-c3nn(C4CCCC(C(=O)C5CC6(C5)CN(C)C6)C4)c4c(OC)cncc34)cc2)c1F. The molecule has 4 aromatic rings. The zero-order valence-electron chi connectivity index (χ0n) is 24.9. The molecule has 2 atom stereocenters. The number of hydrogen-bond acceptors (Lipinski definition) is 7. The first-order chi connectivity index (χ1) is 20.9. The Morgan fingerprint density at radius 3 is 2.42 bits per heavy atom. The van der Waals surface area contributed by atoms with Crippen molar-refractivity contribution in [1.29, 1.82) is 0 Å². The molecule has 2 aromatic heterocycles. The minimum absolute atomic E-state index is 0.0721. The highest BCUT2D eigenvalue weighted by Gasteiger charge is 2.54. The molecule has 2 aliphatic carbocycles. The van der Waals surface area contributed by atoms with E-state index >= 15 is 0 Å². The zero-order chi connectivity index (χ0) is 29.7. The third-order valence-electron chi connectivity index (χ3n) is 9.67. The average molecular weight is 585 g/mol. The van der Waals surface area contributed by atoms with Crippen LogP contribution in [0.1, 0.15) is 44.6 Å². The summed E-state index contributed by atoms with van der Waals surface area (Å²) in [7, 11) is 5.23. The number of aromatic nitrogens is 3. The molecular weight excluding hydrogens is 547 g/mol. The highest BCUT2D eigenvalue weighted by molar-refractivity contribution is 5.96. The molecule has 3 fully saturated rings. The second-order valence-electron chi connectivity index (χ2n) is 12.6. The summed E-state index contributed by atoms with van der Waals surface area (Å²) < 4.78 is 33.3. The van der Waals surface area contributed by atoms with Crippen LogP contribution in [0.4, 0.5) is 4.39 Å². The highest BCUT2D eigenvalue weighted by atomic mass is 19.1. The van der Waals surface area contributed by atoms with Crippen LogP contribution in [0.15, 0.2) is 54.9 Å². The Morgan fingerprint density at radius 2 is 1.70 bits per heavy atom. The Balaban J connectivity index is 1.14.